The summed E-state index contributed by atoms with van der Waals surface area (Å²) in [6.45, 7) is 14.2. The number of rotatable bonds is 9. The first kappa shape index (κ1) is 25.2. The van der Waals surface area contributed by atoms with Gasteiger partial charge in [0.1, 0.15) is 0 Å². The summed E-state index contributed by atoms with van der Waals surface area (Å²) in [6, 6.07) is 2.64. The Morgan fingerprint density at radius 2 is 2.07 bits per heavy atom. The predicted molar refractivity (Wildman–Crippen MR) is 130 cm³/mol. The molecule has 0 saturated carbocycles. The monoisotopic (exact) mass is 521 g/mol. The molecule has 1 aromatic heterocycles. The molecule has 1 unspecified atom stereocenters. The first-order valence-electron chi connectivity index (χ1n) is 10.2. The Balaban J connectivity index is 0.00000392. The van der Waals surface area contributed by atoms with E-state index in [4.69, 9.17) is 4.99 Å². The van der Waals surface area contributed by atoms with Gasteiger partial charge < -0.3 is 15.5 Å². The number of guanidine groups is 1. The van der Waals surface area contributed by atoms with E-state index in [9.17, 15) is 4.79 Å². The highest BCUT2D eigenvalue weighted by molar-refractivity contribution is 14.0. The van der Waals surface area contributed by atoms with Gasteiger partial charge in [-0.3, -0.25) is 14.7 Å². The molecular formula is C20H36IN5OS. The summed E-state index contributed by atoms with van der Waals surface area (Å²) in [6.07, 6.45) is 1.64. The maximum atomic E-state index is 12.1. The molecule has 28 heavy (non-hydrogen) atoms. The number of hydrogen-bond donors (Lipinski definition) is 2. The molecule has 160 valence electrons. The van der Waals surface area contributed by atoms with Gasteiger partial charge in [0, 0.05) is 56.6 Å². The number of carbonyl (C=O) groups is 1. The Kier molecular flexibility index (Phi) is 12.0. The largest absolute Gasteiger partial charge is 0.357 e. The van der Waals surface area contributed by atoms with Crippen LogP contribution in [0.3, 0.4) is 0 Å². The van der Waals surface area contributed by atoms with Gasteiger partial charge in [-0.25, -0.2) is 0 Å². The summed E-state index contributed by atoms with van der Waals surface area (Å²) in [5, 5.41) is 8.78. The van der Waals surface area contributed by atoms with Crippen LogP contribution < -0.4 is 10.6 Å². The minimum atomic E-state index is 0. The van der Waals surface area contributed by atoms with Gasteiger partial charge in [-0.15, -0.1) is 35.3 Å². The van der Waals surface area contributed by atoms with Gasteiger partial charge >= 0.3 is 0 Å². The van der Waals surface area contributed by atoms with Gasteiger partial charge in [-0.2, -0.15) is 0 Å². The van der Waals surface area contributed by atoms with Crippen molar-refractivity contribution in [2.45, 2.75) is 53.1 Å². The molecule has 0 saturated heterocycles. The van der Waals surface area contributed by atoms with E-state index in [-0.39, 0.29) is 29.9 Å². The molecule has 2 N–H and O–H groups in total. The highest BCUT2D eigenvalue weighted by atomic mass is 127. The minimum Gasteiger partial charge on any atom is -0.357 e. The summed E-state index contributed by atoms with van der Waals surface area (Å²) in [5.41, 5.74) is 1.47. The molecule has 0 aliphatic carbocycles. The quantitative estimate of drug-likeness (QED) is 0.298. The number of nitrogens with zero attached hydrogens (tertiary/aromatic N) is 3. The summed E-state index contributed by atoms with van der Waals surface area (Å²) < 4.78 is 0. The number of aliphatic imine (C=N–C) groups is 1. The van der Waals surface area contributed by atoms with Crippen LogP contribution in [-0.4, -0.2) is 67.0 Å². The van der Waals surface area contributed by atoms with E-state index >= 15 is 0 Å². The van der Waals surface area contributed by atoms with Crippen molar-refractivity contribution < 1.29 is 4.79 Å². The molecule has 1 aliphatic rings. The van der Waals surface area contributed by atoms with Crippen molar-refractivity contribution in [3.8, 4) is 0 Å². The lowest BCUT2D eigenvalue weighted by Crippen LogP contribution is -2.42. The lowest BCUT2D eigenvalue weighted by Gasteiger charge is -2.31. The van der Waals surface area contributed by atoms with Gasteiger partial charge in [0.05, 0.1) is 6.54 Å². The molecule has 0 aromatic carbocycles. The van der Waals surface area contributed by atoms with E-state index < -0.39 is 0 Å². The molecule has 0 radical (unpaired) electrons. The number of thiophene rings is 1. The van der Waals surface area contributed by atoms with Crippen molar-refractivity contribution in [2.24, 2.45) is 4.99 Å². The second-order valence-electron chi connectivity index (χ2n) is 6.90. The second-order valence-corrected chi connectivity index (χ2v) is 7.90. The van der Waals surface area contributed by atoms with Crippen molar-refractivity contribution in [1.82, 2.24) is 20.4 Å². The molecule has 8 heteroatoms. The molecule has 2 heterocycles. The summed E-state index contributed by atoms with van der Waals surface area (Å²) in [4.78, 5) is 22.8. The van der Waals surface area contributed by atoms with Gasteiger partial charge in [-0.1, -0.05) is 0 Å². The smallest absolute Gasteiger partial charge is 0.224 e. The van der Waals surface area contributed by atoms with Crippen molar-refractivity contribution in [1.29, 1.82) is 0 Å². The van der Waals surface area contributed by atoms with Gasteiger partial charge in [0.15, 0.2) is 5.96 Å². The standard InChI is InChI=1S/C20H35N5OS.HI/c1-5-21-20(22-11-8-19(26)24(6-2)7-3)23-14-16(4)25-12-9-18-17(15-25)10-13-27-18;/h10,13,16H,5-9,11-12,14-15H2,1-4H3,(H2,21,22,23);1H. The normalized spacial score (nSPS) is 15.4. The fourth-order valence-electron chi connectivity index (χ4n) is 3.35. The van der Waals surface area contributed by atoms with E-state index in [1.54, 1.807) is 0 Å². The van der Waals surface area contributed by atoms with Crippen LogP contribution in [0.4, 0.5) is 0 Å². The summed E-state index contributed by atoms with van der Waals surface area (Å²) in [7, 11) is 0. The minimum absolute atomic E-state index is 0. The van der Waals surface area contributed by atoms with E-state index in [0.717, 1.165) is 51.6 Å². The average molecular weight is 522 g/mol. The number of amides is 1. The Labute approximate surface area is 191 Å². The van der Waals surface area contributed by atoms with Crippen LogP contribution in [0.25, 0.3) is 0 Å². The van der Waals surface area contributed by atoms with Crippen molar-refractivity contribution in [3.63, 3.8) is 0 Å². The molecule has 2 rings (SSSR count). The van der Waals surface area contributed by atoms with Crippen LogP contribution in [0.15, 0.2) is 16.4 Å². The maximum absolute atomic E-state index is 12.1. The number of fused-ring (bicyclic) bond motifs is 1. The number of carbonyl (C=O) groups excluding carboxylic acids is 1. The summed E-state index contributed by atoms with van der Waals surface area (Å²) in [5.74, 6) is 0.988. The van der Waals surface area contributed by atoms with Crippen LogP contribution in [0, 0.1) is 0 Å². The lowest BCUT2D eigenvalue weighted by molar-refractivity contribution is -0.130. The number of halogens is 1. The Morgan fingerprint density at radius 3 is 2.75 bits per heavy atom. The lowest BCUT2D eigenvalue weighted by atomic mass is 10.1. The number of nitrogens with one attached hydrogen (secondary N) is 2. The van der Waals surface area contributed by atoms with E-state index in [0.29, 0.717) is 19.0 Å². The molecular weight excluding hydrogens is 485 g/mol. The fraction of sp³-hybridized carbons (Fsp3) is 0.700. The molecule has 6 nitrogen and oxygen atoms in total. The third kappa shape index (κ3) is 7.51. The Bertz CT molecular complexity index is 617. The first-order chi connectivity index (χ1) is 13.1. The zero-order chi connectivity index (χ0) is 19.6. The predicted octanol–water partition coefficient (Wildman–Crippen LogP) is 2.93. The van der Waals surface area contributed by atoms with E-state index in [1.165, 1.54) is 10.4 Å². The zero-order valence-electron chi connectivity index (χ0n) is 17.7. The van der Waals surface area contributed by atoms with E-state index in [1.807, 2.05) is 30.1 Å². The Morgan fingerprint density at radius 1 is 1.32 bits per heavy atom. The van der Waals surface area contributed by atoms with Crippen LogP contribution in [-0.2, 0) is 17.8 Å². The maximum Gasteiger partial charge on any atom is 0.224 e. The summed E-state index contributed by atoms with van der Waals surface area (Å²) >= 11 is 1.88. The van der Waals surface area contributed by atoms with E-state index in [2.05, 4.69) is 40.8 Å². The first-order valence-corrected chi connectivity index (χ1v) is 11.1. The van der Waals surface area contributed by atoms with Crippen LogP contribution in [0.2, 0.25) is 0 Å². The Hall–Kier alpha value is -0.870. The second kappa shape index (κ2) is 13.4. The van der Waals surface area contributed by atoms with Gasteiger partial charge in [0.25, 0.3) is 0 Å². The third-order valence-corrected chi connectivity index (χ3v) is 6.09. The van der Waals surface area contributed by atoms with Crippen molar-refractivity contribution in [3.05, 3.63) is 21.9 Å². The molecule has 1 atom stereocenters. The van der Waals surface area contributed by atoms with Gasteiger partial charge in [0.2, 0.25) is 5.91 Å². The highest BCUT2D eigenvalue weighted by Crippen LogP contribution is 2.25. The molecule has 0 fully saturated rings. The van der Waals surface area contributed by atoms with Crippen LogP contribution >= 0.6 is 35.3 Å². The zero-order valence-corrected chi connectivity index (χ0v) is 20.8. The van der Waals surface area contributed by atoms with Crippen LogP contribution in [0.1, 0.15) is 44.6 Å². The SMILES string of the molecule is CCNC(=NCC(C)N1CCc2sccc2C1)NCCC(=O)N(CC)CC.I. The third-order valence-electron chi connectivity index (χ3n) is 5.07. The van der Waals surface area contributed by atoms with Crippen LogP contribution in [0.5, 0.6) is 0 Å². The molecule has 1 amide bonds. The van der Waals surface area contributed by atoms with Crippen molar-refractivity contribution in [2.75, 3.05) is 39.3 Å². The average Bonchev–Trinajstić information content (AvgIpc) is 3.14. The highest BCUT2D eigenvalue weighted by Gasteiger charge is 2.21. The fourth-order valence-corrected chi connectivity index (χ4v) is 4.24. The molecule has 1 aliphatic heterocycles. The molecule has 0 bridgehead atoms. The van der Waals surface area contributed by atoms with Crippen molar-refractivity contribution >= 4 is 47.2 Å². The molecule has 1 aromatic rings. The topological polar surface area (TPSA) is 60.0 Å². The van der Waals surface area contributed by atoms with Gasteiger partial charge in [-0.05, 0) is 51.1 Å². The molecule has 0 spiro atoms. The number of hydrogen-bond acceptors (Lipinski definition) is 4.